The molecular weight excluding hydrogens is 508 g/mol. The van der Waals surface area contributed by atoms with Gasteiger partial charge in [0.05, 0.1) is 39.0 Å². The van der Waals surface area contributed by atoms with E-state index >= 15 is 0 Å². The van der Waals surface area contributed by atoms with Gasteiger partial charge in [0, 0.05) is 23.7 Å². The molecule has 0 aliphatic carbocycles. The van der Waals surface area contributed by atoms with Crippen LogP contribution in [0.15, 0.2) is 65.6 Å². The van der Waals surface area contributed by atoms with Crippen molar-refractivity contribution in [3.63, 3.8) is 0 Å². The van der Waals surface area contributed by atoms with E-state index in [1.54, 1.807) is 36.4 Å². The van der Waals surface area contributed by atoms with Crippen LogP contribution in [0.5, 0.6) is 23.0 Å². The highest BCUT2D eigenvalue weighted by molar-refractivity contribution is 7.92. The molecule has 11 heteroatoms. The standard InChI is InChI=1S/C25H27ClN2O7S/c1-32-19-9-11-22(33-2)21(13-19)28(16-25(29)27-15-17-5-7-18(26)8-6-17)36(30,31)20-10-12-23(34-3)24(14-20)35-4/h5-14H,15-16H2,1-4H3,(H,27,29). The Morgan fingerprint density at radius 2 is 1.47 bits per heavy atom. The Hall–Kier alpha value is -3.63. The van der Waals surface area contributed by atoms with Crippen molar-refractivity contribution in [2.45, 2.75) is 11.4 Å². The van der Waals surface area contributed by atoms with E-state index in [9.17, 15) is 13.2 Å². The molecule has 0 saturated heterocycles. The Kier molecular flexibility index (Phi) is 8.89. The van der Waals surface area contributed by atoms with Crippen molar-refractivity contribution >= 4 is 33.2 Å². The third-order valence-electron chi connectivity index (χ3n) is 5.29. The van der Waals surface area contributed by atoms with Gasteiger partial charge in [-0.2, -0.15) is 0 Å². The lowest BCUT2D eigenvalue weighted by Crippen LogP contribution is -2.40. The van der Waals surface area contributed by atoms with Crippen molar-refractivity contribution in [3.8, 4) is 23.0 Å². The highest BCUT2D eigenvalue weighted by Crippen LogP contribution is 2.37. The Labute approximate surface area is 215 Å². The van der Waals surface area contributed by atoms with Gasteiger partial charge in [-0.3, -0.25) is 9.10 Å². The summed E-state index contributed by atoms with van der Waals surface area (Å²) < 4.78 is 49.9. The molecule has 0 aliphatic heterocycles. The number of amides is 1. The number of carbonyl (C=O) groups excluding carboxylic acids is 1. The minimum absolute atomic E-state index is 0.101. The van der Waals surface area contributed by atoms with Gasteiger partial charge >= 0.3 is 0 Å². The lowest BCUT2D eigenvalue weighted by molar-refractivity contribution is -0.119. The van der Waals surface area contributed by atoms with Gasteiger partial charge in [0.15, 0.2) is 11.5 Å². The van der Waals surface area contributed by atoms with Gasteiger partial charge in [0.2, 0.25) is 5.91 Å². The molecular formula is C25H27ClN2O7S. The fraction of sp³-hybridized carbons (Fsp3) is 0.240. The van der Waals surface area contributed by atoms with Crippen molar-refractivity contribution in [2.75, 3.05) is 39.3 Å². The van der Waals surface area contributed by atoms with Crippen LogP contribution in [0, 0.1) is 0 Å². The molecule has 0 saturated carbocycles. The molecule has 1 N–H and O–H groups in total. The van der Waals surface area contributed by atoms with Gasteiger partial charge in [0.25, 0.3) is 10.0 Å². The van der Waals surface area contributed by atoms with E-state index in [1.807, 2.05) is 0 Å². The van der Waals surface area contributed by atoms with E-state index in [0.717, 1.165) is 9.87 Å². The van der Waals surface area contributed by atoms with Crippen molar-refractivity contribution in [1.29, 1.82) is 0 Å². The molecule has 192 valence electrons. The SMILES string of the molecule is COc1ccc(OC)c(N(CC(=O)NCc2ccc(Cl)cc2)S(=O)(=O)c2ccc(OC)c(OC)c2)c1. The lowest BCUT2D eigenvalue weighted by Gasteiger charge is -2.26. The molecule has 1 amide bonds. The van der Waals surface area contributed by atoms with Gasteiger partial charge in [0.1, 0.15) is 18.0 Å². The maximum Gasteiger partial charge on any atom is 0.265 e. The number of hydrogen-bond donors (Lipinski definition) is 1. The third kappa shape index (κ3) is 6.13. The minimum Gasteiger partial charge on any atom is -0.497 e. The van der Waals surface area contributed by atoms with Gasteiger partial charge in [-0.25, -0.2) is 8.42 Å². The lowest BCUT2D eigenvalue weighted by atomic mass is 10.2. The maximum absolute atomic E-state index is 13.9. The monoisotopic (exact) mass is 534 g/mol. The Bertz CT molecular complexity index is 1310. The molecule has 3 rings (SSSR count). The minimum atomic E-state index is -4.27. The van der Waals surface area contributed by atoms with Crippen LogP contribution in [0.3, 0.4) is 0 Å². The molecule has 0 bridgehead atoms. The fourth-order valence-corrected chi connectivity index (χ4v) is 4.95. The number of nitrogens with zero attached hydrogens (tertiary/aromatic N) is 1. The Morgan fingerprint density at radius 3 is 2.08 bits per heavy atom. The zero-order valence-corrected chi connectivity index (χ0v) is 21.9. The molecule has 36 heavy (non-hydrogen) atoms. The van der Waals surface area contributed by atoms with Crippen LogP contribution in [0.1, 0.15) is 5.56 Å². The van der Waals surface area contributed by atoms with E-state index in [4.69, 9.17) is 30.5 Å². The number of methoxy groups -OCH3 is 4. The number of benzene rings is 3. The first-order valence-electron chi connectivity index (χ1n) is 10.7. The van der Waals surface area contributed by atoms with Gasteiger partial charge in [-0.1, -0.05) is 23.7 Å². The zero-order valence-electron chi connectivity index (χ0n) is 20.3. The van der Waals surface area contributed by atoms with E-state index in [0.29, 0.717) is 16.5 Å². The number of halogens is 1. The first-order chi connectivity index (χ1) is 17.2. The van der Waals surface area contributed by atoms with E-state index < -0.39 is 22.5 Å². The fourth-order valence-electron chi connectivity index (χ4n) is 3.38. The van der Waals surface area contributed by atoms with E-state index in [2.05, 4.69) is 5.32 Å². The van der Waals surface area contributed by atoms with Crippen LogP contribution in [0.2, 0.25) is 5.02 Å². The molecule has 3 aromatic carbocycles. The molecule has 0 spiro atoms. The van der Waals surface area contributed by atoms with Crippen molar-refractivity contribution in [1.82, 2.24) is 5.32 Å². The molecule has 0 aliphatic rings. The first-order valence-corrected chi connectivity index (χ1v) is 12.5. The van der Waals surface area contributed by atoms with Crippen molar-refractivity contribution in [2.24, 2.45) is 0 Å². The van der Waals surface area contributed by atoms with E-state index in [1.165, 1.54) is 52.7 Å². The summed E-state index contributed by atoms with van der Waals surface area (Å²) in [4.78, 5) is 12.9. The molecule has 0 atom stereocenters. The summed E-state index contributed by atoms with van der Waals surface area (Å²) in [6.07, 6.45) is 0. The van der Waals surface area contributed by atoms with Crippen molar-refractivity contribution in [3.05, 3.63) is 71.2 Å². The molecule has 0 aromatic heterocycles. The number of hydrogen-bond acceptors (Lipinski definition) is 7. The van der Waals surface area contributed by atoms with Crippen LogP contribution < -0.4 is 28.6 Å². The van der Waals surface area contributed by atoms with Gasteiger partial charge in [-0.15, -0.1) is 0 Å². The predicted molar refractivity (Wildman–Crippen MR) is 137 cm³/mol. The summed E-state index contributed by atoms with van der Waals surface area (Å²) in [5, 5.41) is 3.32. The van der Waals surface area contributed by atoms with Crippen LogP contribution >= 0.6 is 11.6 Å². The summed E-state index contributed by atoms with van der Waals surface area (Å²) in [7, 11) is 1.45. The van der Waals surface area contributed by atoms with Gasteiger partial charge in [-0.05, 0) is 42.0 Å². The second-order valence-electron chi connectivity index (χ2n) is 7.47. The highest BCUT2D eigenvalue weighted by Gasteiger charge is 2.31. The number of ether oxygens (including phenoxy) is 4. The molecule has 9 nitrogen and oxygen atoms in total. The third-order valence-corrected chi connectivity index (χ3v) is 7.30. The smallest absolute Gasteiger partial charge is 0.265 e. The summed E-state index contributed by atoms with van der Waals surface area (Å²) >= 11 is 5.91. The summed E-state index contributed by atoms with van der Waals surface area (Å²) in [5.41, 5.74) is 0.939. The Balaban J connectivity index is 2.01. The summed E-state index contributed by atoms with van der Waals surface area (Å²) in [5.74, 6) is 0.690. The molecule has 0 fully saturated rings. The summed E-state index contributed by atoms with van der Waals surface area (Å²) in [6.45, 7) is -0.330. The van der Waals surface area contributed by atoms with Crippen LogP contribution in [-0.2, 0) is 21.4 Å². The van der Waals surface area contributed by atoms with Gasteiger partial charge < -0.3 is 24.3 Å². The average Bonchev–Trinajstić information content (AvgIpc) is 2.90. The number of carbonyl (C=O) groups is 1. The number of nitrogens with one attached hydrogen (secondary N) is 1. The highest BCUT2D eigenvalue weighted by atomic mass is 35.5. The summed E-state index contributed by atoms with van der Waals surface area (Å²) in [6, 6.07) is 15.8. The second-order valence-corrected chi connectivity index (χ2v) is 9.77. The number of anilines is 1. The number of sulfonamides is 1. The maximum atomic E-state index is 13.9. The van der Waals surface area contributed by atoms with Crippen LogP contribution in [0.4, 0.5) is 5.69 Å². The van der Waals surface area contributed by atoms with E-state index in [-0.39, 0.29) is 28.6 Å². The molecule has 0 unspecified atom stereocenters. The van der Waals surface area contributed by atoms with Crippen LogP contribution in [-0.4, -0.2) is 49.3 Å². The van der Waals surface area contributed by atoms with Crippen molar-refractivity contribution < 1.29 is 32.2 Å². The molecule has 3 aromatic rings. The Morgan fingerprint density at radius 1 is 0.833 bits per heavy atom. The largest absolute Gasteiger partial charge is 0.497 e. The molecule has 0 heterocycles. The van der Waals surface area contributed by atoms with Crippen LogP contribution in [0.25, 0.3) is 0 Å². The molecule has 0 radical (unpaired) electrons. The quantitative estimate of drug-likeness (QED) is 0.398. The normalized spacial score (nSPS) is 10.9. The topological polar surface area (TPSA) is 103 Å². The number of rotatable bonds is 11. The average molecular weight is 535 g/mol. The zero-order chi connectivity index (χ0) is 26.3. The first kappa shape index (κ1) is 27.0. The second kappa shape index (κ2) is 11.9. The predicted octanol–water partition coefficient (Wildman–Crippen LogP) is 3.89.